The third-order valence-electron chi connectivity index (χ3n) is 5.53. The molecule has 0 aliphatic carbocycles. The summed E-state index contributed by atoms with van der Waals surface area (Å²) in [4.78, 5) is 20.7. The van der Waals surface area contributed by atoms with Crippen molar-refractivity contribution in [3.05, 3.63) is 100 Å². The van der Waals surface area contributed by atoms with Gasteiger partial charge in [0.15, 0.2) is 10.9 Å². The van der Waals surface area contributed by atoms with Crippen LogP contribution in [0.15, 0.2) is 87.7 Å². The van der Waals surface area contributed by atoms with E-state index in [1.54, 1.807) is 62.4 Å². The number of nitrogens with zero attached hydrogens (tertiary/aromatic N) is 2. The molecule has 0 spiro atoms. The summed E-state index contributed by atoms with van der Waals surface area (Å²) in [6, 6.07) is 18.2. The number of Topliss-reactive ketones (excluding diaryl/α,β-unsaturated/α-hetero) is 1. The lowest BCUT2D eigenvalue weighted by molar-refractivity contribution is 0.102. The third-order valence-corrected chi connectivity index (χ3v) is 9.08. The summed E-state index contributed by atoms with van der Waals surface area (Å²) in [7, 11) is -8.70. The molecule has 0 bridgehead atoms. The second kappa shape index (κ2) is 12.0. The van der Waals surface area contributed by atoms with E-state index in [4.69, 9.17) is 20.0 Å². The first-order chi connectivity index (χ1) is 18.8. The van der Waals surface area contributed by atoms with Crippen molar-refractivity contribution in [2.24, 2.45) is 0 Å². The van der Waals surface area contributed by atoms with Gasteiger partial charge >= 0.3 is 20.2 Å². The van der Waals surface area contributed by atoms with Crippen molar-refractivity contribution in [1.29, 1.82) is 0 Å². The van der Waals surface area contributed by atoms with Gasteiger partial charge in [0.25, 0.3) is 0 Å². The van der Waals surface area contributed by atoms with Crippen LogP contribution in [-0.2, 0) is 20.2 Å². The van der Waals surface area contributed by atoms with Crippen LogP contribution in [0.2, 0.25) is 5.02 Å². The maximum Gasteiger partial charge on any atom is 0.340 e. The quantitative estimate of drug-likeness (QED) is 0.0963. The van der Waals surface area contributed by atoms with E-state index in [9.17, 15) is 21.6 Å². The Morgan fingerprint density at radius 2 is 1.15 bits per heavy atom. The zero-order chi connectivity index (χ0) is 29.1. The number of halogens is 1. The molecule has 0 N–H and O–H groups in total. The molecule has 9 nitrogen and oxygen atoms in total. The second-order valence-corrected chi connectivity index (χ2v) is 13.1. The van der Waals surface area contributed by atoms with E-state index in [0.29, 0.717) is 10.6 Å². The van der Waals surface area contributed by atoms with Crippen LogP contribution in [0, 0.1) is 20.8 Å². The number of hydrogen-bond donors (Lipinski definition) is 0. The fourth-order valence-electron chi connectivity index (χ4n) is 3.25. The molecule has 0 atom stereocenters. The Kier molecular flexibility index (Phi) is 8.83. The Morgan fingerprint density at radius 3 is 1.57 bits per heavy atom. The van der Waals surface area contributed by atoms with Crippen molar-refractivity contribution < 1.29 is 30.0 Å². The first kappa shape index (κ1) is 29.5. The van der Waals surface area contributed by atoms with E-state index >= 15 is 0 Å². The van der Waals surface area contributed by atoms with Gasteiger partial charge < -0.3 is 8.37 Å². The van der Waals surface area contributed by atoms with Gasteiger partial charge in [0.2, 0.25) is 11.8 Å². The van der Waals surface area contributed by atoms with Gasteiger partial charge in [0.1, 0.15) is 9.79 Å². The molecule has 208 valence electrons. The highest BCUT2D eigenvalue weighted by Crippen LogP contribution is 2.32. The number of rotatable bonds is 10. The van der Waals surface area contributed by atoms with E-state index in [1.165, 1.54) is 31.2 Å². The molecule has 1 aromatic heterocycles. The lowest BCUT2D eigenvalue weighted by atomic mass is 10.1. The maximum atomic E-state index is 13.0. The van der Waals surface area contributed by atoms with Gasteiger partial charge in [-0.15, -0.1) is 0 Å². The average molecular weight is 619 g/mol. The predicted octanol–water partition coefficient (Wildman–Crippen LogP) is 5.57. The predicted molar refractivity (Wildman–Crippen MR) is 151 cm³/mol. The molecule has 0 saturated carbocycles. The maximum absolute atomic E-state index is 13.0. The summed E-state index contributed by atoms with van der Waals surface area (Å²) < 4.78 is 62.6. The summed E-state index contributed by atoms with van der Waals surface area (Å²) >= 11 is 6.74. The van der Waals surface area contributed by atoms with Crippen molar-refractivity contribution >= 4 is 49.4 Å². The molecule has 0 aliphatic rings. The van der Waals surface area contributed by atoms with E-state index in [-0.39, 0.29) is 32.0 Å². The van der Waals surface area contributed by atoms with Crippen molar-refractivity contribution in [2.45, 2.75) is 35.7 Å². The molecule has 3 aromatic carbocycles. The average Bonchev–Trinajstić information content (AvgIpc) is 2.90. The minimum absolute atomic E-state index is 0.0697. The molecular weight excluding hydrogens is 596 g/mol. The van der Waals surface area contributed by atoms with Gasteiger partial charge in [0.05, 0.1) is 11.3 Å². The number of aromatic nitrogens is 2. The largest absolute Gasteiger partial charge is 0.358 e. The van der Waals surface area contributed by atoms with Crippen LogP contribution < -0.4 is 8.37 Å². The highest BCUT2D eigenvalue weighted by Gasteiger charge is 2.26. The third kappa shape index (κ3) is 7.19. The molecule has 4 rings (SSSR count). The van der Waals surface area contributed by atoms with Crippen molar-refractivity contribution in [1.82, 2.24) is 9.97 Å². The van der Waals surface area contributed by atoms with Crippen LogP contribution in [0.3, 0.4) is 0 Å². The molecule has 0 unspecified atom stereocenters. The van der Waals surface area contributed by atoms with Crippen LogP contribution in [-0.4, -0.2) is 38.3 Å². The fourth-order valence-corrected chi connectivity index (χ4v) is 5.97. The first-order valence-corrected chi connectivity index (χ1v) is 15.8. The Bertz CT molecular complexity index is 1660. The van der Waals surface area contributed by atoms with Crippen LogP contribution >= 0.6 is 23.4 Å². The highest BCUT2D eigenvalue weighted by atomic mass is 35.5. The number of carbonyl (C=O) groups excluding carboxylic acids is 1. The fraction of sp³-hybridized carbons (Fsp3) is 0.148. The number of carbonyl (C=O) groups is 1. The molecule has 4 aromatic rings. The number of hydrogen-bond acceptors (Lipinski definition) is 10. The SMILES string of the molecule is Cc1ccc(S(=O)(=O)Oc2nc(SCC(=O)c3ccc(Cl)cc3)nc(OS(=O)(=O)c3ccc(C)cc3)c2C)cc1. The van der Waals surface area contributed by atoms with Gasteiger partial charge in [-0.1, -0.05) is 58.8 Å². The summed E-state index contributed by atoms with van der Waals surface area (Å²) in [5, 5.41) is 0.343. The lowest BCUT2D eigenvalue weighted by Crippen LogP contribution is -2.15. The Balaban J connectivity index is 1.69. The van der Waals surface area contributed by atoms with Gasteiger partial charge in [-0.05, 0) is 69.3 Å². The molecule has 0 radical (unpaired) electrons. The molecule has 13 heteroatoms. The zero-order valence-electron chi connectivity index (χ0n) is 21.5. The van der Waals surface area contributed by atoms with E-state index in [1.807, 2.05) is 0 Å². The first-order valence-electron chi connectivity index (χ1n) is 11.7. The highest BCUT2D eigenvalue weighted by molar-refractivity contribution is 7.99. The standard InChI is InChI=1S/C27H23ClN2O7S3/c1-17-4-12-22(13-5-17)39(32,33)36-25-19(3)26(37-40(34,35)23-14-6-18(2)7-15-23)30-27(29-25)38-16-24(31)20-8-10-21(28)11-9-20/h4-15H,16H2,1-3H3. The Morgan fingerprint density at radius 1 is 0.725 bits per heavy atom. The summed E-state index contributed by atoms with van der Waals surface area (Å²) in [6.45, 7) is 4.98. The van der Waals surface area contributed by atoms with Gasteiger partial charge in [-0.3, -0.25) is 4.79 Å². The van der Waals surface area contributed by atoms with Crippen LogP contribution in [0.1, 0.15) is 27.0 Å². The molecule has 40 heavy (non-hydrogen) atoms. The monoisotopic (exact) mass is 618 g/mol. The topological polar surface area (TPSA) is 130 Å². The van der Waals surface area contributed by atoms with Crippen LogP contribution in [0.25, 0.3) is 0 Å². The van der Waals surface area contributed by atoms with Gasteiger partial charge in [-0.25, -0.2) is 0 Å². The zero-order valence-corrected chi connectivity index (χ0v) is 24.7. The minimum atomic E-state index is -4.35. The van der Waals surface area contributed by atoms with Crippen molar-refractivity contribution in [2.75, 3.05) is 5.75 Å². The number of thioether (sulfide) groups is 1. The lowest BCUT2D eigenvalue weighted by Gasteiger charge is -2.14. The van der Waals surface area contributed by atoms with E-state index in [0.717, 1.165) is 22.9 Å². The van der Waals surface area contributed by atoms with Gasteiger partial charge in [-0.2, -0.15) is 26.8 Å². The summed E-state index contributed by atoms with van der Waals surface area (Å²) in [6.07, 6.45) is 0. The van der Waals surface area contributed by atoms with Crippen molar-refractivity contribution in [3.8, 4) is 11.8 Å². The number of benzene rings is 3. The minimum Gasteiger partial charge on any atom is -0.358 e. The molecule has 0 saturated heterocycles. The normalized spacial score (nSPS) is 11.7. The Labute approximate surface area is 241 Å². The molecule has 1 heterocycles. The second-order valence-electron chi connectivity index (χ2n) is 8.66. The van der Waals surface area contributed by atoms with E-state index in [2.05, 4.69) is 9.97 Å². The summed E-state index contributed by atoms with van der Waals surface area (Å²) in [5.74, 6) is -1.30. The summed E-state index contributed by atoms with van der Waals surface area (Å²) in [5.41, 5.74) is 2.01. The van der Waals surface area contributed by atoms with Crippen LogP contribution in [0.5, 0.6) is 11.8 Å². The number of aryl methyl sites for hydroxylation is 2. The van der Waals surface area contributed by atoms with Crippen LogP contribution in [0.4, 0.5) is 0 Å². The molecule has 0 fully saturated rings. The Hall–Kier alpha value is -3.45. The molecule has 0 aliphatic heterocycles. The smallest absolute Gasteiger partial charge is 0.340 e. The number of ketones is 1. The molecular formula is C27H23ClN2O7S3. The van der Waals surface area contributed by atoms with Gasteiger partial charge in [0, 0.05) is 10.6 Å². The molecule has 0 amide bonds. The van der Waals surface area contributed by atoms with Crippen molar-refractivity contribution in [3.63, 3.8) is 0 Å². The van der Waals surface area contributed by atoms with E-state index < -0.39 is 32.0 Å².